The summed E-state index contributed by atoms with van der Waals surface area (Å²) in [4.78, 5) is 11.1. The first kappa shape index (κ1) is 16.5. The van der Waals surface area contributed by atoms with E-state index in [0.29, 0.717) is 11.3 Å². The average molecular weight is 329 g/mol. The molecule has 24 heavy (non-hydrogen) atoms. The molecule has 0 aromatic carbocycles. The molecule has 2 saturated carbocycles. The molecule has 0 radical (unpaired) electrons. The molecular weight excluding hydrogens is 298 g/mol. The van der Waals surface area contributed by atoms with Crippen LogP contribution in [-0.4, -0.2) is 17.3 Å². The number of nitroso groups, excluding NO2 is 1. The molecule has 0 bridgehead atoms. The first-order valence-electron chi connectivity index (χ1n) is 9.80. The minimum Gasteiger partial charge on any atom is -0.393 e. The second kappa shape index (κ2) is 5.52. The number of hydrogen-bond acceptors (Lipinski definition) is 3. The molecule has 0 heterocycles. The van der Waals surface area contributed by atoms with Crippen LogP contribution in [0.3, 0.4) is 0 Å². The fourth-order valence-corrected chi connectivity index (χ4v) is 6.95. The summed E-state index contributed by atoms with van der Waals surface area (Å²) >= 11 is 0. The van der Waals surface area contributed by atoms with E-state index in [4.69, 9.17) is 0 Å². The maximum absolute atomic E-state index is 11.1. The molecule has 7 atom stereocenters. The van der Waals surface area contributed by atoms with Gasteiger partial charge < -0.3 is 5.11 Å². The number of rotatable bonds is 2. The Kier molecular flexibility index (Phi) is 3.80. The summed E-state index contributed by atoms with van der Waals surface area (Å²) in [6, 6.07) is -0.174. The van der Waals surface area contributed by atoms with Gasteiger partial charge in [-0.2, -0.15) is 4.91 Å². The Labute approximate surface area is 145 Å². The number of aliphatic hydroxyl groups is 1. The van der Waals surface area contributed by atoms with Crippen molar-refractivity contribution in [2.75, 3.05) is 0 Å². The Morgan fingerprint density at radius 1 is 1.12 bits per heavy atom. The number of aliphatic hydroxyl groups excluding tert-OH is 1. The van der Waals surface area contributed by atoms with E-state index in [1.807, 2.05) is 6.92 Å². The molecule has 2 unspecified atom stereocenters. The maximum atomic E-state index is 11.1. The minimum absolute atomic E-state index is 0.131. The molecule has 0 aliphatic heterocycles. The first-order valence-corrected chi connectivity index (χ1v) is 9.80. The van der Waals surface area contributed by atoms with E-state index in [0.717, 1.165) is 43.9 Å². The Morgan fingerprint density at radius 3 is 2.62 bits per heavy atom. The summed E-state index contributed by atoms with van der Waals surface area (Å²) in [7, 11) is 0. The van der Waals surface area contributed by atoms with Crippen LogP contribution in [0, 0.1) is 33.5 Å². The Morgan fingerprint density at radius 2 is 1.88 bits per heavy atom. The standard InChI is InChI=1S/C21H31NO2/c1-13(22-24)17-6-7-18-16-5-4-14-12-15(23)8-10-20(14,2)19(16)9-11-21(17,18)3/h4,6,13,15-16,18-19,23H,5,7-12H2,1-3H3/t13?,15-,16-,18?,19-,20-,21+/m0/s1. The van der Waals surface area contributed by atoms with Crippen molar-refractivity contribution in [3.8, 4) is 0 Å². The number of allylic oxidation sites excluding steroid dienone is 2. The zero-order valence-electron chi connectivity index (χ0n) is 15.3. The van der Waals surface area contributed by atoms with Crippen LogP contribution in [0.15, 0.2) is 28.5 Å². The number of nitrogens with zero attached hydrogens (tertiary/aromatic N) is 1. The van der Waals surface area contributed by atoms with Crippen molar-refractivity contribution in [3.05, 3.63) is 28.2 Å². The van der Waals surface area contributed by atoms with Crippen LogP contribution in [-0.2, 0) is 0 Å². The van der Waals surface area contributed by atoms with Crippen molar-refractivity contribution in [3.63, 3.8) is 0 Å². The van der Waals surface area contributed by atoms with Gasteiger partial charge in [-0.15, -0.1) is 0 Å². The molecule has 0 aromatic heterocycles. The number of fused-ring (bicyclic) bond motifs is 5. The molecular formula is C21H31NO2. The molecule has 3 heteroatoms. The van der Waals surface area contributed by atoms with Gasteiger partial charge in [-0.3, -0.25) is 0 Å². The second-order valence-corrected chi connectivity index (χ2v) is 9.29. The fourth-order valence-electron chi connectivity index (χ4n) is 6.95. The summed E-state index contributed by atoms with van der Waals surface area (Å²) in [5.74, 6) is 2.13. The summed E-state index contributed by atoms with van der Waals surface area (Å²) in [5, 5.41) is 13.4. The fraction of sp³-hybridized carbons (Fsp3) is 0.810. The van der Waals surface area contributed by atoms with Gasteiger partial charge in [-0.05, 0) is 86.0 Å². The van der Waals surface area contributed by atoms with Gasteiger partial charge in [0.15, 0.2) is 0 Å². The highest BCUT2D eigenvalue weighted by molar-refractivity contribution is 5.32. The van der Waals surface area contributed by atoms with Crippen LogP contribution in [0.4, 0.5) is 0 Å². The first-order chi connectivity index (χ1) is 11.4. The van der Waals surface area contributed by atoms with E-state index in [9.17, 15) is 10.0 Å². The summed E-state index contributed by atoms with van der Waals surface area (Å²) in [5.41, 5.74) is 3.30. The summed E-state index contributed by atoms with van der Waals surface area (Å²) < 4.78 is 0. The highest BCUT2D eigenvalue weighted by atomic mass is 16.3. The Bertz CT molecular complexity index is 609. The third-order valence-electron chi connectivity index (χ3n) is 8.33. The lowest BCUT2D eigenvalue weighted by atomic mass is 9.47. The molecule has 4 aliphatic carbocycles. The maximum Gasteiger partial charge on any atom is 0.111 e. The minimum atomic E-state index is -0.174. The van der Waals surface area contributed by atoms with Gasteiger partial charge in [-0.25, -0.2) is 0 Å². The second-order valence-electron chi connectivity index (χ2n) is 9.29. The van der Waals surface area contributed by atoms with Gasteiger partial charge in [-0.1, -0.05) is 36.7 Å². The van der Waals surface area contributed by atoms with Gasteiger partial charge in [0.1, 0.15) is 6.04 Å². The van der Waals surface area contributed by atoms with Crippen molar-refractivity contribution < 1.29 is 5.11 Å². The molecule has 4 rings (SSSR count). The molecule has 2 fully saturated rings. The highest BCUT2D eigenvalue weighted by Gasteiger charge is 2.57. The third kappa shape index (κ3) is 2.13. The SMILES string of the molecule is CC(N=O)C1=CCC2[C@@H]3CC=C4C[C@@H](O)CC[C@]4(C)[C@H]3CC[C@]12C. The van der Waals surface area contributed by atoms with E-state index >= 15 is 0 Å². The molecule has 0 amide bonds. The van der Waals surface area contributed by atoms with E-state index in [2.05, 4.69) is 31.2 Å². The molecule has 4 aliphatic rings. The van der Waals surface area contributed by atoms with E-state index < -0.39 is 0 Å². The van der Waals surface area contributed by atoms with E-state index in [1.165, 1.54) is 24.0 Å². The lowest BCUT2D eigenvalue weighted by molar-refractivity contribution is -0.0304. The topological polar surface area (TPSA) is 49.7 Å². The van der Waals surface area contributed by atoms with E-state index in [-0.39, 0.29) is 17.6 Å². The van der Waals surface area contributed by atoms with Gasteiger partial charge in [0.2, 0.25) is 0 Å². The Balaban J connectivity index is 1.65. The van der Waals surface area contributed by atoms with Gasteiger partial charge >= 0.3 is 0 Å². The largest absolute Gasteiger partial charge is 0.393 e. The van der Waals surface area contributed by atoms with Crippen molar-refractivity contribution in [2.24, 2.45) is 33.8 Å². The normalized spacial score (nSPS) is 48.5. The van der Waals surface area contributed by atoms with Crippen molar-refractivity contribution >= 4 is 0 Å². The van der Waals surface area contributed by atoms with Gasteiger partial charge in [0.25, 0.3) is 0 Å². The summed E-state index contributed by atoms with van der Waals surface area (Å²) in [6.07, 6.45) is 12.4. The van der Waals surface area contributed by atoms with E-state index in [1.54, 1.807) is 0 Å². The van der Waals surface area contributed by atoms with Crippen LogP contribution in [0.5, 0.6) is 0 Å². The molecule has 3 nitrogen and oxygen atoms in total. The average Bonchev–Trinajstić information content (AvgIpc) is 2.92. The van der Waals surface area contributed by atoms with Gasteiger partial charge in [0.05, 0.1) is 6.10 Å². The quantitative estimate of drug-likeness (QED) is 0.572. The monoisotopic (exact) mass is 329 g/mol. The van der Waals surface area contributed by atoms with Crippen LogP contribution in [0.25, 0.3) is 0 Å². The van der Waals surface area contributed by atoms with Gasteiger partial charge in [0, 0.05) is 0 Å². The van der Waals surface area contributed by atoms with Crippen LogP contribution >= 0.6 is 0 Å². The molecule has 1 N–H and O–H groups in total. The summed E-state index contributed by atoms with van der Waals surface area (Å²) in [6.45, 7) is 6.81. The van der Waals surface area contributed by atoms with Crippen molar-refractivity contribution in [1.29, 1.82) is 0 Å². The molecule has 0 spiro atoms. The highest BCUT2D eigenvalue weighted by Crippen LogP contribution is 2.65. The van der Waals surface area contributed by atoms with Crippen LogP contribution < -0.4 is 0 Å². The molecule has 0 saturated heterocycles. The molecule has 0 aromatic rings. The third-order valence-corrected chi connectivity index (χ3v) is 8.33. The zero-order valence-corrected chi connectivity index (χ0v) is 15.3. The molecule has 132 valence electrons. The lowest BCUT2D eigenvalue weighted by Gasteiger charge is -2.57. The predicted molar refractivity (Wildman–Crippen MR) is 96.4 cm³/mol. The zero-order chi connectivity index (χ0) is 17.1. The predicted octanol–water partition coefficient (Wildman–Crippen LogP) is 5.00. The number of hydrogen-bond donors (Lipinski definition) is 1. The van der Waals surface area contributed by atoms with Crippen molar-refractivity contribution in [1.82, 2.24) is 0 Å². The Hall–Kier alpha value is -0.960. The van der Waals surface area contributed by atoms with Crippen molar-refractivity contribution in [2.45, 2.75) is 77.9 Å². The smallest absolute Gasteiger partial charge is 0.111 e. The van der Waals surface area contributed by atoms with Crippen LogP contribution in [0.2, 0.25) is 0 Å². The van der Waals surface area contributed by atoms with Crippen LogP contribution in [0.1, 0.15) is 65.7 Å². The lowest BCUT2D eigenvalue weighted by Crippen LogP contribution is -2.50.